The molecule has 2 amide bonds. The van der Waals surface area contributed by atoms with E-state index < -0.39 is 0 Å². The Morgan fingerprint density at radius 1 is 1.03 bits per heavy atom. The van der Waals surface area contributed by atoms with E-state index in [1.54, 1.807) is 18.2 Å². The van der Waals surface area contributed by atoms with E-state index >= 15 is 0 Å². The highest BCUT2D eigenvalue weighted by molar-refractivity contribution is 6.37. The van der Waals surface area contributed by atoms with Crippen molar-refractivity contribution in [3.05, 3.63) is 58.6 Å². The number of hydrogen-bond donors (Lipinski definition) is 0. The van der Waals surface area contributed by atoms with Gasteiger partial charge in [-0.15, -0.1) is 12.4 Å². The van der Waals surface area contributed by atoms with E-state index in [0.717, 1.165) is 30.9 Å². The number of carbonyl (C=O) groups excluding carboxylic acids is 2. The molecule has 3 heterocycles. The molecule has 2 aromatic carbocycles. The monoisotopic (exact) mass is 448 g/mol. The summed E-state index contributed by atoms with van der Waals surface area (Å²) in [6.07, 6.45) is 1.63. The van der Waals surface area contributed by atoms with Crippen LogP contribution in [0.25, 0.3) is 0 Å². The van der Waals surface area contributed by atoms with Gasteiger partial charge in [0, 0.05) is 13.1 Å². The van der Waals surface area contributed by atoms with Crippen molar-refractivity contribution in [1.82, 2.24) is 9.80 Å². The molecule has 3 aliphatic rings. The average molecular weight is 449 g/mol. The Hall–Kier alpha value is -2.28. The molecular weight excluding hydrogens is 427 g/mol. The first-order chi connectivity index (χ1) is 14.1. The topological polar surface area (TPSA) is 59.1 Å². The lowest BCUT2D eigenvalue weighted by atomic mass is 10.0. The second kappa shape index (κ2) is 8.46. The Balaban J connectivity index is 0.00000218. The Bertz CT molecular complexity index is 983. The first kappa shape index (κ1) is 21.0. The summed E-state index contributed by atoms with van der Waals surface area (Å²) in [4.78, 5) is 29.4. The highest BCUT2D eigenvalue weighted by atomic mass is 35.5. The summed E-state index contributed by atoms with van der Waals surface area (Å²) in [5, 5.41) is 0.336. The molecule has 2 unspecified atom stereocenters. The van der Waals surface area contributed by atoms with Crippen LogP contribution in [0.3, 0.4) is 0 Å². The molecule has 0 spiro atoms. The molecule has 0 aliphatic carbocycles. The number of nitrogens with zero attached hydrogens (tertiary/aromatic N) is 2. The summed E-state index contributed by atoms with van der Waals surface area (Å²) in [7, 11) is 0. The summed E-state index contributed by atoms with van der Waals surface area (Å²) in [5.74, 6) is 0.995. The number of benzene rings is 2. The lowest BCUT2D eigenvalue weighted by Gasteiger charge is -2.38. The molecule has 0 radical (unpaired) electrons. The van der Waals surface area contributed by atoms with Crippen LogP contribution in [0.4, 0.5) is 0 Å². The fourth-order valence-corrected chi connectivity index (χ4v) is 4.70. The molecule has 3 aliphatic heterocycles. The van der Waals surface area contributed by atoms with Gasteiger partial charge in [0.05, 0.1) is 22.2 Å². The summed E-state index contributed by atoms with van der Waals surface area (Å²) in [5.41, 5.74) is 0.733. The molecular formula is C22H22Cl2N2O4. The average Bonchev–Trinajstić information content (AvgIpc) is 2.99. The number of hydrogen-bond acceptors (Lipinski definition) is 5. The third kappa shape index (κ3) is 3.64. The highest BCUT2D eigenvalue weighted by Gasteiger charge is 2.42. The second-order valence-electron chi connectivity index (χ2n) is 7.70. The van der Waals surface area contributed by atoms with E-state index in [0.29, 0.717) is 35.8 Å². The summed E-state index contributed by atoms with van der Waals surface area (Å²) < 4.78 is 11.9. The minimum atomic E-state index is -0.284. The third-order valence-corrected chi connectivity index (χ3v) is 6.09. The maximum Gasteiger partial charge on any atom is 0.263 e. The maximum atomic E-state index is 12.9. The Morgan fingerprint density at radius 3 is 2.63 bits per heavy atom. The van der Waals surface area contributed by atoms with Crippen LogP contribution in [0.5, 0.6) is 11.5 Å². The zero-order valence-corrected chi connectivity index (χ0v) is 17.8. The van der Waals surface area contributed by atoms with Gasteiger partial charge < -0.3 is 9.47 Å². The highest BCUT2D eigenvalue weighted by Crippen LogP contribution is 2.33. The number of fused-ring (bicyclic) bond motifs is 2. The summed E-state index contributed by atoms with van der Waals surface area (Å²) in [6.45, 7) is 2.71. The van der Waals surface area contributed by atoms with Gasteiger partial charge >= 0.3 is 0 Å². The van der Waals surface area contributed by atoms with Crippen molar-refractivity contribution in [2.24, 2.45) is 0 Å². The first-order valence-electron chi connectivity index (χ1n) is 9.89. The number of halogens is 2. The first-order valence-corrected chi connectivity index (χ1v) is 10.3. The molecule has 5 rings (SSSR count). The fourth-order valence-electron chi connectivity index (χ4n) is 4.44. The molecule has 0 bridgehead atoms. The van der Waals surface area contributed by atoms with E-state index in [2.05, 4.69) is 4.90 Å². The molecule has 2 aromatic rings. The van der Waals surface area contributed by atoms with Gasteiger partial charge in [0.25, 0.3) is 11.8 Å². The van der Waals surface area contributed by atoms with Crippen LogP contribution in [0.2, 0.25) is 5.02 Å². The largest absolute Gasteiger partial charge is 0.486 e. The van der Waals surface area contributed by atoms with Crippen LogP contribution in [-0.4, -0.2) is 60.0 Å². The molecule has 30 heavy (non-hydrogen) atoms. The molecule has 2 atom stereocenters. The molecule has 158 valence electrons. The number of piperidine rings is 1. The summed E-state index contributed by atoms with van der Waals surface area (Å²) >= 11 is 6.19. The standard InChI is InChI=1S/C22H21ClN2O4.ClH/c23-17-7-3-6-16-20(17)22(27)25(21(16)26)14-5-4-10-24(11-14)12-15-13-28-18-8-1-2-9-19(18)29-15;/h1-3,6-9,14-15H,4-5,10-13H2;1H. The van der Waals surface area contributed by atoms with Crippen molar-refractivity contribution in [3.63, 3.8) is 0 Å². The van der Waals surface area contributed by atoms with Crippen LogP contribution < -0.4 is 9.47 Å². The van der Waals surface area contributed by atoms with Crippen molar-refractivity contribution < 1.29 is 19.1 Å². The van der Waals surface area contributed by atoms with Gasteiger partial charge in [-0.05, 0) is 43.7 Å². The predicted molar refractivity (Wildman–Crippen MR) is 115 cm³/mol. The van der Waals surface area contributed by atoms with Gasteiger partial charge in [0.2, 0.25) is 0 Å². The smallest absolute Gasteiger partial charge is 0.263 e. The Morgan fingerprint density at radius 2 is 1.83 bits per heavy atom. The fraction of sp³-hybridized carbons (Fsp3) is 0.364. The van der Waals surface area contributed by atoms with Crippen LogP contribution >= 0.6 is 24.0 Å². The van der Waals surface area contributed by atoms with Crippen molar-refractivity contribution in [1.29, 1.82) is 0 Å². The van der Waals surface area contributed by atoms with Gasteiger partial charge in [-0.3, -0.25) is 19.4 Å². The number of likely N-dealkylation sites (tertiary alicyclic amines) is 1. The summed E-state index contributed by atoms with van der Waals surface area (Å²) in [6, 6.07) is 12.5. The molecule has 0 aromatic heterocycles. The van der Waals surface area contributed by atoms with Crippen molar-refractivity contribution >= 4 is 35.8 Å². The number of amides is 2. The second-order valence-corrected chi connectivity index (χ2v) is 8.10. The van der Waals surface area contributed by atoms with Crippen LogP contribution in [0.15, 0.2) is 42.5 Å². The minimum Gasteiger partial charge on any atom is -0.486 e. The molecule has 1 fully saturated rings. The number of ether oxygens (including phenoxy) is 2. The number of para-hydroxylation sites is 2. The van der Waals surface area contributed by atoms with Gasteiger partial charge in [0.1, 0.15) is 12.7 Å². The lowest BCUT2D eigenvalue weighted by molar-refractivity contribution is 0.0300. The van der Waals surface area contributed by atoms with Crippen LogP contribution in [0.1, 0.15) is 33.6 Å². The number of imide groups is 1. The number of rotatable bonds is 3. The van der Waals surface area contributed by atoms with Crippen LogP contribution in [0, 0.1) is 0 Å². The van der Waals surface area contributed by atoms with Crippen molar-refractivity contribution in [2.75, 3.05) is 26.2 Å². The van der Waals surface area contributed by atoms with Gasteiger partial charge in [0.15, 0.2) is 11.5 Å². The quantitative estimate of drug-likeness (QED) is 0.670. The van der Waals surface area contributed by atoms with E-state index in [9.17, 15) is 9.59 Å². The number of carbonyl (C=O) groups is 2. The molecule has 8 heteroatoms. The van der Waals surface area contributed by atoms with Crippen LogP contribution in [-0.2, 0) is 0 Å². The van der Waals surface area contributed by atoms with E-state index in [-0.39, 0.29) is 36.4 Å². The third-order valence-electron chi connectivity index (χ3n) is 5.77. The minimum absolute atomic E-state index is 0. The van der Waals surface area contributed by atoms with Crippen molar-refractivity contribution in [3.8, 4) is 11.5 Å². The SMILES string of the molecule is Cl.O=C1c2cccc(Cl)c2C(=O)N1C1CCCN(CC2COc3ccccc3O2)C1. The van der Waals surface area contributed by atoms with E-state index in [4.69, 9.17) is 21.1 Å². The maximum absolute atomic E-state index is 12.9. The predicted octanol–water partition coefficient (Wildman–Crippen LogP) is 3.66. The van der Waals surface area contributed by atoms with Crippen molar-refractivity contribution in [2.45, 2.75) is 25.0 Å². The molecule has 0 N–H and O–H groups in total. The van der Waals surface area contributed by atoms with Gasteiger partial charge in [-0.1, -0.05) is 29.8 Å². The molecule has 6 nitrogen and oxygen atoms in total. The van der Waals surface area contributed by atoms with E-state index in [1.807, 2.05) is 24.3 Å². The van der Waals surface area contributed by atoms with E-state index in [1.165, 1.54) is 4.90 Å². The zero-order chi connectivity index (χ0) is 20.0. The zero-order valence-electron chi connectivity index (χ0n) is 16.3. The van der Waals surface area contributed by atoms with Gasteiger partial charge in [-0.25, -0.2) is 0 Å². The normalized spacial score (nSPS) is 23.2. The Labute approximate surface area is 186 Å². The molecule has 0 saturated carbocycles. The molecule has 1 saturated heterocycles. The lowest BCUT2D eigenvalue weighted by Crippen LogP contribution is -2.52. The Kier molecular flexibility index (Phi) is 5.91. The van der Waals surface area contributed by atoms with Gasteiger partial charge in [-0.2, -0.15) is 0 Å².